The van der Waals surface area contributed by atoms with Gasteiger partial charge in [-0.25, -0.2) is 0 Å². The maximum absolute atomic E-state index is 8.87. The van der Waals surface area contributed by atoms with E-state index in [2.05, 4.69) is 15.0 Å². The zero-order chi connectivity index (χ0) is 14.7. The van der Waals surface area contributed by atoms with E-state index in [9.17, 15) is 0 Å². The van der Waals surface area contributed by atoms with Crippen molar-refractivity contribution in [2.45, 2.75) is 45.1 Å². The predicted octanol–water partition coefficient (Wildman–Crippen LogP) is 2.33. The topological polar surface area (TPSA) is 74.7 Å². The molecular weight excluding hydrogens is 264 g/mol. The lowest BCUT2D eigenvalue weighted by Crippen LogP contribution is -2.38. The number of aromatic nitrogens is 1. The summed E-state index contributed by atoms with van der Waals surface area (Å²) in [7, 11) is 0. The first-order chi connectivity index (χ1) is 10.2. The molecule has 1 aromatic rings. The highest BCUT2D eigenvalue weighted by molar-refractivity contribution is 5.96. The van der Waals surface area contributed by atoms with E-state index >= 15 is 0 Å². The van der Waals surface area contributed by atoms with Crippen molar-refractivity contribution in [1.29, 1.82) is 0 Å². The number of nitrogens with two attached hydrogens (primary N) is 1. The maximum Gasteiger partial charge on any atom is 0.189 e. The van der Waals surface area contributed by atoms with Crippen LogP contribution in [0.15, 0.2) is 23.5 Å². The predicted molar refractivity (Wildman–Crippen MR) is 82.2 cm³/mol. The molecule has 0 unspecified atom stereocenters. The minimum atomic E-state index is 0.0925. The number of oxime groups is 1. The average Bonchev–Trinajstić information content (AvgIpc) is 2.98. The molecule has 3 N–H and O–H groups in total. The van der Waals surface area contributed by atoms with Crippen LogP contribution < -0.4 is 5.73 Å². The Labute approximate surface area is 125 Å². The van der Waals surface area contributed by atoms with Crippen LogP contribution in [0.4, 0.5) is 0 Å². The fraction of sp³-hybridized carbons (Fsp3) is 0.625. The van der Waals surface area contributed by atoms with Gasteiger partial charge in [-0.2, -0.15) is 0 Å². The minimum Gasteiger partial charge on any atom is -0.409 e. The third kappa shape index (κ3) is 3.02. The molecular formula is C16H24N4O. The minimum absolute atomic E-state index is 0.0925. The van der Waals surface area contributed by atoms with Crippen molar-refractivity contribution < 1.29 is 5.21 Å². The molecule has 1 spiro atoms. The van der Waals surface area contributed by atoms with E-state index in [0.29, 0.717) is 11.1 Å². The van der Waals surface area contributed by atoms with Crippen LogP contribution in [0.2, 0.25) is 0 Å². The van der Waals surface area contributed by atoms with Gasteiger partial charge in [0.25, 0.3) is 0 Å². The average molecular weight is 288 g/mol. The van der Waals surface area contributed by atoms with Gasteiger partial charge in [0.2, 0.25) is 0 Å². The molecule has 0 bridgehead atoms. The smallest absolute Gasteiger partial charge is 0.189 e. The molecule has 2 fully saturated rings. The Kier molecular flexibility index (Phi) is 4.10. The van der Waals surface area contributed by atoms with E-state index in [1.807, 2.05) is 12.1 Å². The molecule has 114 valence electrons. The van der Waals surface area contributed by atoms with Crippen molar-refractivity contribution in [3.63, 3.8) is 0 Å². The number of likely N-dealkylation sites (tertiary alicyclic amines) is 1. The Morgan fingerprint density at radius 1 is 1.29 bits per heavy atom. The lowest BCUT2D eigenvalue weighted by molar-refractivity contribution is 0.103. The molecule has 5 nitrogen and oxygen atoms in total. The highest BCUT2D eigenvalue weighted by Gasteiger charge is 2.36. The summed E-state index contributed by atoms with van der Waals surface area (Å²) >= 11 is 0. The van der Waals surface area contributed by atoms with Gasteiger partial charge in [-0.15, -0.1) is 0 Å². The summed E-state index contributed by atoms with van der Waals surface area (Å²) < 4.78 is 0. The van der Waals surface area contributed by atoms with Crippen molar-refractivity contribution in [3.8, 4) is 0 Å². The Bertz CT molecular complexity index is 513. The molecule has 1 aromatic heterocycles. The lowest BCUT2D eigenvalue weighted by atomic mass is 9.77. The monoisotopic (exact) mass is 288 g/mol. The van der Waals surface area contributed by atoms with Gasteiger partial charge in [0.15, 0.2) is 5.84 Å². The van der Waals surface area contributed by atoms with Crippen molar-refractivity contribution in [2.75, 3.05) is 13.1 Å². The molecule has 2 heterocycles. The first-order valence-corrected chi connectivity index (χ1v) is 7.87. The summed E-state index contributed by atoms with van der Waals surface area (Å²) in [5.41, 5.74) is 7.99. The second kappa shape index (κ2) is 6.02. The van der Waals surface area contributed by atoms with Gasteiger partial charge in [0, 0.05) is 12.7 Å². The molecule has 2 aliphatic rings. The molecule has 0 atom stereocenters. The van der Waals surface area contributed by atoms with Crippen LogP contribution in [-0.4, -0.2) is 34.0 Å². The van der Waals surface area contributed by atoms with E-state index in [4.69, 9.17) is 10.9 Å². The van der Waals surface area contributed by atoms with Crippen LogP contribution in [0.5, 0.6) is 0 Å². The van der Waals surface area contributed by atoms with E-state index in [1.165, 1.54) is 38.5 Å². The summed E-state index contributed by atoms with van der Waals surface area (Å²) in [4.78, 5) is 6.71. The van der Waals surface area contributed by atoms with E-state index in [1.54, 1.807) is 6.20 Å². The number of rotatable bonds is 3. The molecule has 1 saturated carbocycles. The third-order valence-electron chi connectivity index (χ3n) is 5.22. The van der Waals surface area contributed by atoms with Gasteiger partial charge in [-0.1, -0.05) is 24.1 Å². The van der Waals surface area contributed by atoms with Crippen LogP contribution in [0, 0.1) is 5.41 Å². The van der Waals surface area contributed by atoms with Crippen molar-refractivity contribution in [2.24, 2.45) is 16.3 Å². The van der Waals surface area contributed by atoms with Gasteiger partial charge in [-0.3, -0.25) is 9.88 Å². The number of hydrogen-bond acceptors (Lipinski definition) is 4. The zero-order valence-electron chi connectivity index (χ0n) is 12.5. The van der Waals surface area contributed by atoms with Crippen LogP contribution in [-0.2, 0) is 6.54 Å². The number of piperidine rings is 1. The van der Waals surface area contributed by atoms with Crippen LogP contribution in [0.25, 0.3) is 0 Å². The van der Waals surface area contributed by atoms with Gasteiger partial charge >= 0.3 is 0 Å². The maximum atomic E-state index is 8.87. The second-order valence-electron chi connectivity index (χ2n) is 6.48. The van der Waals surface area contributed by atoms with Crippen LogP contribution in [0.1, 0.15) is 49.8 Å². The van der Waals surface area contributed by atoms with Gasteiger partial charge in [-0.05, 0) is 55.8 Å². The van der Waals surface area contributed by atoms with Crippen molar-refractivity contribution in [1.82, 2.24) is 9.88 Å². The Morgan fingerprint density at radius 2 is 2.00 bits per heavy atom. The first kappa shape index (κ1) is 14.3. The molecule has 1 aliphatic heterocycles. The summed E-state index contributed by atoms with van der Waals surface area (Å²) in [6.07, 6.45) is 9.97. The molecule has 0 amide bonds. The second-order valence-corrected chi connectivity index (χ2v) is 6.48. The number of amidine groups is 1. The third-order valence-corrected chi connectivity index (χ3v) is 5.22. The molecule has 5 heteroatoms. The largest absolute Gasteiger partial charge is 0.409 e. The summed E-state index contributed by atoms with van der Waals surface area (Å²) in [5, 5.41) is 12.0. The zero-order valence-corrected chi connectivity index (χ0v) is 12.5. The molecule has 3 rings (SSSR count). The molecule has 1 aliphatic carbocycles. The van der Waals surface area contributed by atoms with Gasteiger partial charge in [0.05, 0.1) is 0 Å². The normalized spacial score (nSPS) is 22.8. The molecule has 0 radical (unpaired) electrons. The van der Waals surface area contributed by atoms with E-state index in [0.717, 1.165) is 25.2 Å². The summed E-state index contributed by atoms with van der Waals surface area (Å²) in [6.45, 7) is 3.12. The highest BCUT2D eigenvalue weighted by Crippen LogP contribution is 2.46. The summed E-state index contributed by atoms with van der Waals surface area (Å²) in [5.74, 6) is 0.0925. The van der Waals surface area contributed by atoms with Gasteiger partial charge < -0.3 is 10.9 Å². The Hall–Kier alpha value is -1.62. The first-order valence-electron chi connectivity index (χ1n) is 7.87. The quantitative estimate of drug-likeness (QED) is 0.387. The SMILES string of the molecule is NC(=NO)c1ncccc1CN1CCC2(CCCC2)CC1. The van der Waals surface area contributed by atoms with E-state index in [-0.39, 0.29) is 5.84 Å². The fourth-order valence-electron chi connectivity index (χ4n) is 3.90. The highest BCUT2D eigenvalue weighted by atomic mass is 16.4. The van der Waals surface area contributed by atoms with Gasteiger partial charge in [0.1, 0.15) is 5.69 Å². The standard InChI is InChI=1S/C16H24N4O/c17-15(19-21)14-13(4-3-9-18-14)12-20-10-7-16(8-11-20)5-1-2-6-16/h3-4,9,21H,1-2,5-8,10-12H2,(H2,17,19). The van der Waals surface area contributed by atoms with Crippen LogP contribution in [0.3, 0.4) is 0 Å². The van der Waals surface area contributed by atoms with Crippen LogP contribution >= 0.6 is 0 Å². The van der Waals surface area contributed by atoms with Crippen molar-refractivity contribution >= 4 is 5.84 Å². The van der Waals surface area contributed by atoms with E-state index < -0.39 is 0 Å². The Morgan fingerprint density at radius 3 is 2.67 bits per heavy atom. The Balaban J connectivity index is 1.66. The number of pyridine rings is 1. The molecule has 21 heavy (non-hydrogen) atoms. The molecule has 1 saturated heterocycles. The fourth-order valence-corrected chi connectivity index (χ4v) is 3.90. The lowest BCUT2D eigenvalue weighted by Gasteiger charge is -2.39. The van der Waals surface area contributed by atoms with Crippen molar-refractivity contribution in [3.05, 3.63) is 29.6 Å². The number of hydrogen-bond donors (Lipinski definition) is 2. The number of nitrogens with zero attached hydrogens (tertiary/aromatic N) is 3. The molecule has 0 aromatic carbocycles. The summed E-state index contributed by atoms with van der Waals surface area (Å²) in [6, 6.07) is 3.92.